The van der Waals surface area contributed by atoms with Crippen LogP contribution in [0.5, 0.6) is 0 Å². The lowest BCUT2D eigenvalue weighted by Gasteiger charge is -2.25. The number of aliphatic hydroxyl groups is 1. The number of aliphatic hydroxyl groups excluding tert-OH is 1. The normalized spacial score (nSPS) is 18.6. The molecule has 6 heteroatoms. The summed E-state index contributed by atoms with van der Waals surface area (Å²) in [7, 11) is 0. The minimum Gasteiger partial charge on any atom is -0.507 e. The lowest BCUT2D eigenvalue weighted by atomic mass is 9.99. The van der Waals surface area contributed by atoms with Crippen LogP contribution in [0.25, 0.3) is 5.76 Å². The minimum absolute atomic E-state index is 0.0227. The van der Waals surface area contributed by atoms with E-state index in [1.54, 1.807) is 67.6 Å². The van der Waals surface area contributed by atoms with Crippen LogP contribution in [-0.2, 0) is 9.59 Å². The van der Waals surface area contributed by atoms with Crippen molar-refractivity contribution in [2.75, 3.05) is 4.90 Å². The Morgan fingerprint density at radius 1 is 1.04 bits per heavy atom. The van der Waals surface area contributed by atoms with Gasteiger partial charge in [0, 0.05) is 16.3 Å². The van der Waals surface area contributed by atoms with Gasteiger partial charge in [-0.15, -0.1) is 0 Å². The molecule has 3 aromatic rings. The Labute approximate surface area is 166 Å². The van der Waals surface area contributed by atoms with Gasteiger partial charge >= 0.3 is 0 Å². The second kappa shape index (κ2) is 7.02. The number of benzene rings is 2. The number of carbonyl (C=O) groups is 2. The second-order valence-corrected chi connectivity index (χ2v) is 6.84. The zero-order chi connectivity index (χ0) is 19.8. The largest absolute Gasteiger partial charge is 0.507 e. The number of Topliss-reactive ketones (excluding diaryl/α,β-unsaturated/α-hetero) is 1. The molecule has 0 saturated carbocycles. The highest BCUT2D eigenvalue weighted by Gasteiger charge is 2.48. The molecule has 0 aliphatic carbocycles. The van der Waals surface area contributed by atoms with Crippen LogP contribution in [0.2, 0.25) is 5.02 Å². The molecule has 2 aromatic carbocycles. The van der Waals surface area contributed by atoms with E-state index >= 15 is 0 Å². The summed E-state index contributed by atoms with van der Waals surface area (Å²) in [5, 5.41) is 11.4. The summed E-state index contributed by atoms with van der Waals surface area (Å²) in [5.41, 5.74) is 1.57. The maximum Gasteiger partial charge on any atom is 0.300 e. The number of carbonyl (C=O) groups excluding carboxylic acids is 2. The first-order chi connectivity index (χ1) is 13.5. The van der Waals surface area contributed by atoms with E-state index in [0.717, 1.165) is 0 Å². The number of anilines is 1. The topological polar surface area (TPSA) is 70.8 Å². The number of amides is 1. The summed E-state index contributed by atoms with van der Waals surface area (Å²) in [6.07, 6.45) is 1.46. The molecule has 0 radical (unpaired) electrons. The number of halogens is 1. The Hall–Kier alpha value is -3.31. The highest BCUT2D eigenvalue weighted by Crippen LogP contribution is 2.43. The van der Waals surface area contributed by atoms with Crippen LogP contribution in [-0.4, -0.2) is 16.8 Å². The lowest BCUT2D eigenvalue weighted by Crippen LogP contribution is -2.30. The molecule has 140 valence electrons. The fraction of sp³-hybridized carbons (Fsp3) is 0.0909. The van der Waals surface area contributed by atoms with Crippen molar-refractivity contribution < 1.29 is 19.1 Å². The summed E-state index contributed by atoms with van der Waals surface area (Å²) in [6, 6.07) is 16.2. The summed E-state index contributed by atoms with van der Waals surface area (Å²) >= 11 is 6.24. The van der Waals surface area contributed by atoms with Crippen LogP contribution in [0.3, 0.4) is 0 Å². The van der Waals surface area contributed by atoms with Crippen LogP contribution in [0.4, 0.5) is 5.69 Å². The fourth-order valence-corrected chi connectivity index (χ4v) is 3.58. The second-order valence-electron chi connectivity index (χ2n) is 6.43. The molecule has 1 N–H and O–H groups in total. The quantitative estimate of drug-likeness (QED) is 0.391. The van der Waals surface area contributed by atoms with E-state index in [4.69, 9.17) is 16.0 Å². The first-order valence-electron chi connectivity index (χ1n) is 8.65. The van der Waals surface area contributed by atoms with Crippen molar-refractivity contribution in [3.63, 3.8) is 0 Å². The third-order valence-electron chi connectivity index (χ3n) is 4.80. The molecular weight excluding hydrogens is 378 g/mol. The standard InChI is InChI=1S/C22H16ClNO4/c1-13-15(23)9-5-10-16(13)24-19(17-11-6-12-28-17)18(21(26)22(24)27)20(25)14-7-3-2-4-8-14/h2-12,19,25H,1H3/b20-18-. The Morgan fingerprint density at radius 2 is 1.79 bits per heavy atom. The third-order valence-corrected chi connectivity index (χ3v) is 5.21. The van der Waals surface area contributed by atoms with Gasteiger partial charge in [0.05, 0.1) is 11.8 Å². The molecule has 1 unspecified atom stereocenters. The molecule has 1 amide bonds. The Balaban J connectivity index is 1.97. The van der Waals surface area contributed by atoms with E-state index in [2.05, 4.69) is 0 Å². The van der Waals surface area contributed by atoms with Crippen molar-refractivity contribution in [1.82, 2.24) is 0 Å². The van der Waals surface area contributed by atoms with Gasteiger partial charge in [0.2, 0.25) is 0 Å². The van der Waals surface area contributed by atoms with E-state index < -0.39 is 17.7 Å². The number of rotatable bonds is 3. The van der Waals surface area contributed by atoms with Crippen molar-refractivity contribution in [1.29, 1.82) is 0 Å². The van der Waals surface area contributed by atoms with Gasteiger partial charge in [0.15, 0.2) is 0 Å². The monoisotopic (exact) mass is 393 g/mol. The van der Waals surface area contributed by atoms with Crippen LogP contribution < -0.4 is 4.90 Å². The van der Waals surface area contributed by atoms with E-state index in [9.17, 15) is 14.7 Å². The Kier molecular flexibility index (Phi) is 4.53. The van der Waals surface area contributed by atoms with E-state index in [0.29, 0.717) is 27.6 Å². The zero-order valence-electron chi connectivity index (χ0n) is 14.9. The molecule has 1 aliphatic heterocycles. The van der Waals surface area contributed by atoms with Crippen molar-refractivity contribution >= 4 is 34.7 Å². The molecule has 28 heavy (non-hydrogen) atoms. The van der Waals surface area contributed by atoms with Gasteiger partial charge in [-0.3, -0.25) is 14.5 Å². The maximum absolute atomic E-state index is 13.0. The van der Waals surface area contributed by atoms with Crippen LogP contribution in [0.15, 0.2) is 76.9 Å². The van der Waals surface area contributed by atoms with Crippen LogP contribution in [0.1, 0.15) is 22.9 Å². The zero-order valence-corrected chi connectivity index (χ0v) is 15.7. The first kappa shape index (κ1) is 18.1. The Bertz CT molecular complexity index is 1090. The Morgan fingerprint density at radius 3 is 2.46 bits per heavy atom. The SMILES string of the molecule is Cc1c(Cl)cccc1N1C(=O)C(=O)/C(=C(\O)c2ccccc2)C1c1ccco1. The summed E-state index contributed by atoms with van der Waals surface area (Å²) in [4.78, 5) is 27.2. The van der Waals surface area contributed by atoms with Gasteiger partial charge in [-0.05, 0) is 36.8 Å². The molecule has 1 atom stereocenters. The number of furan rings is 1. The molecule has 0 bridgehead atoms. The van der Waals surface area contributed by atoms with Crippen molar-refractivity contribution in [3.8, 4) is 0 Å². The number of hydrogen-bond acceptors (Lipinski definition) is 4. The van der Waals surface area contributed by atoms with Gasteiger partial charge in [0.25, 0.3) is 11.7 Å². The highest BCUT2D eigenvalue weighted by atomic mass is 35.5. The molecular formula is C22H16ClNO4. The molecule has 1 saturated heterocycles. The summed E-state index contributed by atoms with van der Waals surface area (Å²) in [5.74, 6) is -1.40. The first-order valence-corrected chi connectivity index (χ1v) is 9.03. The maximum atomic E-state index is 13.0. The molecule has 1 aromatic heterocycles. The van der Waals surface area contributed by atoms with Gasteiger partial charge in [-0.2, -0.15) is 0 Å². The predicted molar refractivity (Wildman–Crippen MR) is 106 cm³/mol. The minimum atomic E-state index is -0.896. The third kappa shape index (κ3) is 2.80. The molecule has 5 nitrogen and oxygen atoms in total. The molecule has 1 aliphatic rings. The summed E-state index contributed by atoms with van der Waals surface area (Å²) < 4.78 is 5.53. The van der Waals surface area contributed by atoms with E-state index in [-0.39, 0.29) is 11.3 Å². The smallest absolute Gasteiger partial charge is 0.300 e. The van der Waals surface area contributed by atoms with Crippen molar-refractivity contribution in [2.45, 2.75) is 13.0 Å². The number of nitrogens with zero attached hydrogens (tertiary/aromatic N) is 1. The average Bonchev–Trinajstić information content (AvgIpc) is 3.32. The van der Waals surface area contributed by atoms with Gasteiger partial charge in [-0.25, -0.2) is 0 Å². The molecule has 0 spiro atoms. The molecule has 4 rings (SSSR count). The van der Waals surface area contributed by atoms with E-state index in [1.165, 1.54) is 11.2 Å². The lowest BCUT2D eigenvalue weighted by molar-refractivity contribution is -0.132. The van der Waals surface area contributed by atoms with Crippen LogP contribution in [0, 0.1) is 6.92 Å². The van der Waals surface area contributed by atoms with Crippen molar-refractivity contribution in [2.24, 2.45) is 0 Å². The van der Waals surface area contributed by atoms with Gasteiger partial charge < -0.3 is 9.52 Å². The summed E-state index contributed by atoms with van der Waals surface area (Å²) in [6.45, 7) is 1.77. The molecule has 2 heterocycles. The molecule has 1 fully saturated rings. The van der Waals surface area contributed by atoms with Gasteiger partial charge in [0.1, 0.15) is 17.6 Å². The number of ketones is 1. The fourth-order valence-electron chi connectivity index (χ4n) is 3.41. The van der Waals surface area contributed by atoms with E-state index in [1.807, 2.05) is 0 Å². The van der Waals surface area contributed by atoms with Crippen LogP contribution >= 0.6 is 11.6 Å². The van der Waals surface area contributed by atoms with Gasteiger partial charge in [-0.1, -0.05) is 48.0 Å². The number of hydrogen-bond donors (Lipinski definition) is 1. The highest BCUT2D eigenvalue weighted by molar-refractivity contribution is 6.52. The van der Waals surface area contributed by atoms with Crippen molar-refractivity contribution in [3.05, 3.63) is 94.4 Å². The predicted octanol–water partition coefficient (Wildman–Crippen LogP) is 4.87. The average molecular weight is 394 g/mol.